The minimum Gasteiger partial charge on any atom is -0.478 e. The number of carbonyl (C=O) groups excluding carboxylic acids is 3. The van der Waals surface area contributed by atoms with E-state index in [2.05, 4.69) is 19.2 Å². The van der Waals surface area contributed by atoms with Crippen LogP contribution in [-0.4, -0.2) is 35.8 Å². The van der Waals surface area contributed by atoms with Crippen LogP contribution in [0.4, 0.5) is 0 Å². The number of nitrogens with one attached hydrogen (secondary N) is 1. The Hall–Kier alpha value is -3.22. The number of ether oxygens (including phenoxy) is 1. The number of Topliss-reactive ketones (excluding diaryl/α,β-unsaturated/α-hetero) is 1. The number of carboxylic acids is 1. The van der Waals surface area contributed by atoms with Crippen molar-refractivity contribution in [2.75, 3.05) is 6.54 Å². The molecule has 0 unspecified atom stereocenters. The molecule has 0 bridgehead atoms. The fraction of sp³-hybridized carbons (Fsp3) is 0.641. The van der Waals surface area contributed by atoms with Crippen molar-refractivity contribution in [2.45, 2.75) is 155 Å². The molecule has 0 aliphatic carbocycles. The molecule has 0 aliphatic heterocycles. The normalized spacial score (nSPS) is 11.1. The molecular weight excluding hydrogens is 578 g/mol. The topological polar surface area (TPSA) is 110 Å². The minimum absolute atomic E-state index is 0.0587. The van der Waals surface area contributed by atoms with E-state index in [4.69, 9.17) is 4.74 Å². The van der Waals surface area contributed by atoms with Gasteiger partial charge in [0.2, 0.25) is 0 Å². The summed E-state index contributed by atoms with van der Waals surface area (Å²) in [5.41, 5.74) is 0.329. The molecule has 7 heteroatoms. The molecule has 2 aromatic carbocycles. The van der Waals surface area contributed by atoms with Crippen LogP contribution in [0.3, 0.4) is 0 Å². The number of carboxylic acid groups (broad SMARTS) is 1. The van der Waals surface area contributed by atoms with Gasteiger partial charge in [0.1, 0.15) is 5.75 Å². The van der Waals surface area contributed by atoms with Crippen LogP contribution < -0.4 is 10.1 Å². The summed E-state index contributed by atoms with van der Waals surface area (Å²) in [4.78, 5) is 50.4. The Balaban J connectivity index is 2.01. The number of ketones is 1. The molecule has 0 spiro atoms. The fourth-order valence-electron chi connectivity index (χ4n) is 6.21. The van der Waals surface area contributed by atoms with Gasteiger partial charge in [0.15, 0.2) is 5.78 Å². The first-order chi connectivity index (χ1) is 22.5. The zero-order chi connectivity index (χ0) is 33.4. The number of unbranched alkanes of at least 4 members (excludes halogenated alkanes) is 19. The molecule has 0 saturated carbocycles. The third-order valence-corrected chi connectivity index (χ3v) is 8.90. The van der Waals surface area contributed by atoms with Crippen LogP contribution in [0.5, 0.6) is 5.75 Å². The highest BCUT2D eigenvalue weighted by Gasteiger charge is 2.24. The predicted octanol–water partition coefficient (Wildman–Crippen LogP) is 10.6. The summed E-state index contributed by atoms with van der Waals surface area (Å²) in [6.45, 7) is 5.19. The van der Waals surface area contributed by atoms with Crippen molar-refractivity contribution >= 4 is 34.9 Å². The second-order valence-corrected chi connectivity index (χ2v) is 12.7. The maximum atomic E-state index is 13.4. The number of hydrogen-bond acceptors (Lipinski definition) is 5. The average molecular weight is 638 g/mol. The first-order valence-electron chi connectivity index (χ1n) is 18.2. The Morgan fingerprint density at radius 3 is 1.57 bits per heavy atom. The van der Waals surface area contributed by atoms with Gasteiger partial charge in [0.05, 0.1) is 11.1 Å². The first-order valence-corrected chi connectivity index (χ1v) is 18.2. The number of hydrogen-bond donors (Lipinski definition) is 2. The van der Waals surface area contributed by atoms with Crippen molar-refractivity contribution in [3.05, 3.63) is 41.0 Å². The fourth-order valence-corrected chi connectivity index (χ4v) is 6.21. The van der Waals surface area contributed by atoms with Crippen molar-refractivity contribution in [1.29, 1.82) is 0 Å². The van der Waals surface area contributed by atoms with Gasteiger partial charge in [0, 0.05) is 29.3 Å². The number of carbonyl (C=O) groups is 4. The summed E-state index contributed by atoms with van der Waals surface area (Å²) in [6.07, 6.45) is 25.1. The van der Waals surface area contributed by atoms with Gasteiger partial charge in [-0.3, -0.25) is 14.4 Å². The molecule has 2 N–H and O–H groups in total. The van der Waals surface area contributed by atoms with E-state index in [0.717, 1.165) is 38.5 Å². The number of rotatable bonds is 28. The van der Waals surface area contributed by atoms with Gasteiger partial charge < -0.3 is 15.2 Å². The number of fused-ring (bicyclic) bond motifs is 1. The van der Waals surface area contributed by atoms with E-state index in [9.17, 15) is 24.3 Å². The van der Waals surface area contributed by atoms with E-state index >= 15 is 0 Å². The zero-order valence-corrected chi connectivity index (χ0v) is 28.6. The maximum absolute atomic E-state index is 13.4. The molecule has 0 atom stereocenters. The van der Waals surface area contributed by atoms with Gasteiger partial charge in [-0.15, -0.1) is 0 Å². The van der Waals surface area contributed by atoms with Crippen LogP contribution in [0.15, 0.2) is 24.3 Å². The summed E-state index contributed by atoms with van der Waals surface area (Å²) in [5.74, 6) is -1.72. The molecule has 0 fully saturated rings. The van der Waals surface area contributed by atoms with Crippen molar-refractivity contribution < 1.29 is 29.0 Å². The highest BCUT2D eigenvalue weighted by atomic mass is 16.5. The standard InChI is InChI=1S/C39H59NO6/c1-3-5-7-9-11-13-15-16-18-20-22-24-34(42)31-27-28-35(46-30-41)37-32(25-26-33(36(31)37)39(44)45)38(43)40-29-23-21-19-17-14-12-10-8-6-4-2/h25-28,30H,3-24,29H2,1-2H3,(H,40,43)(H,44,45). The van der Waals surface area contributed by atoms with E-state index in [1.807, 2.05) is 0 Å². The van der Waals surface area contributed by atoms with Gasteiger partial charge in [-0.1, -0.05) is 136 Å². The van der Waals surface area contributed by atoms with Gasteiger partial charge in [0.25, 0.3) is 12.4 Å². The molecule has 7 nitrogen and oxygen atoms in total. The van der Waals surface area contributed by atoms with Crippen molar-refractivity contribution in [1.82, 2.24) is 5.32 Å². The second kappa shape index (κ2) is 24.0. The summed E-state index contributed by atoms with van der Waals surface area (Å²) in [7, 11) is 0. The number of amides is 1. The van der Waals surface area contributed by atoms with Crippen LogP contribution in [0.2, 0.25) is 0 Å². The van der Waals surface area contributed by atoms with Crippen molar-refractivity contribution in [3.8, 4) is 5.75 Å². The third-order valence-electron chi connectivity index (χ3n) is 8.90. The van der Waals surface area contributed by atoms with Crippen LogP contribution in [0, 0.1) is 0 Å². The number of benzene rings is 2. The molecule has 256 valence electrons. The largest absolute Gasteiger partial charge is 0.478 e. The molecule has 0 saturated heterocycles. The molecule has 0 radical (unpaired) electrons. The Labute approximate surface area is 277 Å². The highest BCUT2D eigenvalue weighted by Crippen LogP contribution is 2.35. The quantitative estimate of drug-likeness (QED) is 0.0546. The minimum atomic E-state index is -1.21. The lowest BCUT2D eigenvalue weighted by molar-refractivity contribution is -0.120. The molecular formula is C39H59NO6. The average Bonchev–Trinajstić information content (AvgIpc) is 3.05. The number of aromatic carboxylic acids is 1. The van der Waals surface area contributed by atoms with Crippen molar-refractivity contribution in [2.24, 2.45) is 0 Å². The Bertz CT molecular complexity index is 1210. The van der Waals surface area contributed by atoms with Crippen LogP contribution in [0.1, 0.15) is 186 Å². The molecule has 2 rings (SSSR count). The van der Waals surface area contributed by atoms with Crippen molar-refractivity contribution in [3.63, 3.8) is 0 Å². The van der Waals surface area contributed by atoms with E-state index < -0.39 is 5.97 Å². The van der Waals surface area contributed by atoms with Crippen LogP contribution >= 0.6 is 0 Å². The van der Waals surface area contributed by atoms with Gasteiger partial charge in [-0.05, 0) is 37.1 Å². The lowest BCUT2D eigenvalue weighted by atomic mass is 9.91. The molecule has 46 heavy (non-hydrogen) atoms. The Morgan fingerprint density at radius 2 is 1.07 bits per heavy atom. The Kier molecular flexibility index (Phi) is 20.3. The monoisotopic (exact) mass is 637 g/mol. The van der Waals surface area contributed by atoms with E-state index in [1.165, 1.54) is 114 Å². The molecule has 1 amide bonds. The summed E-state index contributed by atoms with van der Waals surface area (Å²) < 4.78 is 5.20. The smallest absolute Gasteiger partial charge is 0.336 e. The second-order valence-electron chi connectivity index (χ2n) is 12.7. The highest BCUT2D eigenvalue weighted by molar-refractivity contribution is 6.21. The van der Waals surface area contributed by atoms with Gasteiger partial charge >= 0.3 is 5.97 Å². The SMILES string of the molecule is CCCCCCCCCCCCCC(=O)c1ccc(OC=O)c2c(C(=O)NCCCCCCCCCCCC)ccc(C(=O)O)c12. The van der Waals surface area contributed by atoms with E-state index in [0.29, 0.717) is 13.0 Å². The summed E-state index contributed by atoms with van der Waals surface area (Å²) >= 11 is 0. The first kappa shape index (κ1) is 39.0. The molecule has 2 aromatic rings. The molecule has 0 aliphatic rings. The lowest BCUT2D eigenvalue weighted by Crippen LogP contribution is -2.25. The Morgan fingerprint density at radius 1 is 0.609 bits per heavy atom. The van der Waals surface area contributed by atoms with E-state index in [1.54, 1.807) is 0 Å². The van der Waals surface area contributed by atoms with Gasteiger partial charge in [-0.2, -0.15) is 0 Å². The van der Waals surface area contributed by atoms with Crippen LogP contribution in [-0.2, 0) is 4.79 Å². The lowest BCUT2D eigenvalue weighted by Gasteiger charge is -2.16. The van der Waals surface area contributed by atoms with Gasteiger partial charge in [-0.25, -0.2) is 4.79 Å². The predicted molar refractivity (Wildman–Crippen MR) is 187 cm³/mol. The van der Waals surface area contributed by atoms with E-state index in [-0.39, 0.29) is 57.8 Å². The third kappa shape index (κ3) is 14.0. The van der Waals surface area contributed by atoms with Crippen LogP contribution in [0.25, 0.3) is 10.8 Å². The molecule has 0 heterocycles. The summed E-state index contributed by atoms with van der Waals surface area (Å²) in [5, 5.41) is 13.3. The summed E-state index contributed by atoms with van der Waals surface area (Å²) in [6, 6.07) is 5.80. The zero-order valence-electron chi connectivity index (χ0n) is 28.6. The molecule has 0 aromatic heterocycles. The maximum Gasteiger partial charge on any atom is 0.336 e.